The minimum Gasteiger partial charge on any atom is -0.363 e. The van der Waals surface area contributed by atoms with Gasteiger partial charge in [-0.05, 0) is 6.92 Å². The first kappa shape index (κ1) is 11.7. The maximum atomic E-state index is 13.4. The molecule has 0 unspecified atom stereocenters. The third kappa shape index (κ3) is 2.88. The molecule has 0 saturated carbocycles. The average Bonchev–Trinajstić information content (AvgIpc) is 2.74. The van der Waals surface area contributed by atoms with Crippen molar-refractivity contribution in [3.05, 3.63) is 28.1 Å². The lowest BCUT2D eigenvalue weighted by Crippen LogP contribution is -2.06. The van der Waals surface area contributed by atoms with Gasteiger partial charge in [0.2, 0.25) is 5.95 Å². The van der Waals surface area contributed by atoms with Crippen LogP contribution in [-0.4, -0.2) is 22.0 Å². The smallest absolute Gasteiger partial charge is 0.224 e. The minimum absolute atomic E-state index is 0.190. The molecule has 0 atom stereocenters. The molecule has 0 bridgehead atoms. The van der Waals surface area contributed by atoms with Crippen molar-refractivity contribution in [2.24, 2.45) is 0 Å². The van der Waals surface area contributed by atoms with Gasteiger partial charge >= 0.3 is 0 Å². The molecule has 2 aromatic heterocycles. The highest BCUT2D eigenvalue weighted by Gasteiger charge is 2.06. The Morgan fingerprint density at radius 2 is 2.18 bits per heavy atom. The predicted octanol–water partition coefficient (Wildman–Crippen LogP) is 2.03. The van der Waals surface area contributed by atoms with E-state index < -0.39 is 5.82 Å². The maximum Gasteiger partial charge on any atom is 0.224 e. The fourth-order valence-electron chi connectivity index (χ4n) is 1.27. The molecule has 0 aromatic carbocycles. The zero-order valence-corrected chi connectivity index (χ0v) is 10.3. The molecule has 0 fully saturated rings. The Balaban J connectivity index is 2.07. The van der Waals surface area contributed by atoms with Gasteiger partial charge in [-0.3, -0.25) is 0 Å². The number of nitrogens with one attached hydrogen (secondary N) is 2. The van der Waals surface area contributed by atoms with E-state index in [2.05, 4.69) is 25.6 Å². The summed E-state index contributed by atoms with van der Waals surface area (Å²) in [6, 6.07) is 0. The van der Waals surface area contributed by atoms with Crippen molar-refractivity contribution < 1.29 is 4.39 Å². The van der Waals surface area contributed by atoms with Gasteiger partial charge in [-0.1, -0.05) is 0 Å². The Morgan fingerprint density at radius 1 is 1.35 bits per heavy atom. The summed E-state index contributed by atoms with van der Waals surface area (Å²) in [5, 5.41) is 6.67. The summed E-state index contributed by atoms with van der Waals surface area (Å²) < 4.78 is 13.4. The van der Waals surface area contributed by atoms with Crippen molar-refractivity contribution in [3.63, 3.8) is 0 Å². The Bertz CT molecular complexity index is 513. The highest BCUT2D eigenvalue weighted by atomic mass is 32.1. The first-order valence-corrected chi connectivity index (χ1v) is 5.86. The van der Waals surface area contributed by atoms with Crippen molar-refractivity contribution in [1.82, 2.24) is 15.0 Å². The van der Waals surface area contributed by atoms with E-state index in [4.69, 9.17) is 0 Å². The minimum atomic E-state index is -0.467. The highest BCUT2D eigenvalue weighted by molar-refractivity contribution is 7.11. The van der Waals surface area contributed by atoms with Crippen LogP contribution in [0.15, 0.2) is 12.4 Å². The van der Waals surface area contributed by atoms with E-state index in [1.807, 2.05) is 6.92 Å². The second kappa shape index (κ2) is 5.05. The number of anilines is 2. The number of rotatable bonds is 4. The van der Waals surface area contributed by atoms with Crippen molar-refractivity contribution in [3.8, 4) is 0 Å². The monoisotopic (exact) mass is 253 g/mol. The van der Waals surface area contributed by atoms with Crippen LogP contribution in [0.3, 0.4) is 0 Å². The Hall–Kier alpha value is -1.76. The van der Waals surface area contributed by atoms with E-state index in [0.717, 1.165) is 16.1 Å². The number of nitrogens with zero attached hydrogens (tertiary/aromatic N) is 3. The zero-order chi connectivity index (χ0) is 12.3. The molecule has 0 aliphatic carbocycles. The number of halogens is 1. The quantitative estimate of drug-likeness (QED) is 0.873. The van der Waals surface area contributed by atoms with Gasteiger partial charge in [-0.15, -0.1) is 11.3 Å². The van der Waals surface area contributed by atoms with Gasteiger partial charge in [-0.25, -0.2) is 14.4 Å². The lowest BCUT2D eigenvalue weighted by molar-refractivity contribution is 0.617. The molecule has 2 N–H and O–H groups in total. The van der Waals surface area contributed by atoms with Crippen molar-refractivity contribution >= 4 is 23.1 Å². The summed E-state index contributed by atoms with van der Waals surface area (Å²) in [6.45, 7) is 2.43. The molecular formula is C10H12FN5S. The van der Waals surface area contributed by atoms with Crippen LogP contribution in [0.25, 0.3) is 0 Å². The van der Waals surface area contributed by atoms with Crippen LogP contribution in [0.1, 0.15) is 9.88 Å². The third-order valence-electron chi connectivity index (χ3n) is 2.07. The lowest BCUT2D eigenvalue weighted by Gasteiger charge is -2.06. The van der Waals surface area contributed by atoms with E-state index in [-0.39, 0.29) is 5.82 Å². The summed E-state index contributed by atoms with van der Waals surface area (Å²) in [4.78, 5) is 12.9. The Labute approximate surface area is 102 Å². The molecular weight excluding hydrogens is 241 g/mol. The number of aromatic nitrogens is 3. The van der Waals surface area contributed by atoms with E-state index in [9.17, 15) is 4.39 Å². The van der Waals surface area contributed by atoms with Crippen LogP contribution >= 0.6 is 11.3 Å². The topological polar surface area (TPSA) is 62.7 Å². The number of thiazole rings is 1. The largest absolute Gasteiger partial charge is 0.363 e. The second-order valence-electron chi connectivity index (χ2n) is 3.34. The highest BCUT2D eigenvalue weighted by Crippen LogP contribution is 2.16. The zero-order valence-electron chi connectivity index (χ0n) is 9.49. The molecule has 2 heterocycles. The first-order valence-electron chi connectivity index (χ1n) is 5.04. The summed E-state index contributed by atoms with van der Waals surface area (Å²) in [5.41, 5.74) is 0. The third-order valence-corrected chi connectivity index (χ3v) is 2.98. The van der Waals surface area contributed by atoms with E-state index in [1.165, 1.54) is 0 Å². The Kier molecular flexibility index (Phi) is 3.48. The van der Waals surface area contributed by atoms with Gasteiger partial charge in [0.25, 0.3) is 0 Å². The fraction of sp³-hybridized carbons (Fsp3) is 0.300. The van der Waals surface area contributed by atoms with Gasteiger partial charge in [0, 0.05) is 18.1 Å². The molecule has 2 aromatic rings. The van der Waals surface area contributed by atoms with E-state index >= 15 is 0 Å². The average molecular weight is 253 g/mol. The van der Waals surface area contributed by atoms with Gasteiger partial charge in [0.1, 0.15) is 0 Å². The Morgan fingerprint density at radius 3 is 2.82 bits per heavy atom. The first-order chi connectivity index (χ1) is 8.19. The standard InChI is InChI=1S/C10H12FN5S/c1-6-13-3-7(17-6)4-14-9-8(11)5-15-10(12-2)16-9/h3,5H,4H2,1-2H3,(H2,12,14,15,16). The predicted molar refractivity (Wildman–Crippen MR) is 65.7 cm³/mol. The lowest BCUT2D eigenvalue weighted by atomic mass is 10.5. The van der Waals surface area contributed by atoms with Crippen molar-refractivity contribution in [1.29, 1.82) is 0 Å². The van der Waals surface area contributed by atoms with Crippen LogP contribution in [0.4, 0.5) is 16.2 Å². The molecule has 7 heteroatoms. The van der Waals surface area contributed by atoms with Crippen LogP contribution in [-0.2, 0) is 6.54 Å². The van der Waals surface area contributed by atoms with Crippen molar-refractivity contribution in [2.45, 2.75) is 13.5 Å². The summed E-state index contributed by atoms with van der Waals surface area (Å²) in [5.74, 6) is 0.107. The molecule has 5 nitrogen and oxygen atoms in total. The van der Waals surface area contributed by atoms with Crippen molar-refractivity contribution in [2.75, 3.05) is 17.7 Å². The summed E-state index contributed by atoms with van der Waals surface area (Å²) in [6.07, 6.45) is 2.91. The molecule has 90 valence electrons. The molecule has 0 saturated heterocycles. The SMILES string of the molecule is CNc1ncc(F)c(NCc2cnc(C)s2)n1. The van der Waals surface area contributed by atoms with Crippen LogP contribution in [0, 0.1) is 12.7 Å². The van der Waals surface area contributed by atoms with Crippen LogP contribution in [0.2, 0.25) is 0 Å². The molecule has 0 aliphatic heterocycles. The van der Waals surface area contributed by atoms with Gasteiger partial charge in [-0.2, -0.15) is 4.98 Å². The number of hydrogen-bond acceptors (Lipinski definition) is 6. The van der Waals surface area contributed by atoms with Crippen LogP contribution in [0.5, 0.6) is 0 Å². The second-order valence-corrected chi connectivity index (χ2v) is 4.66. The summed E-state index contributed by atoms with van der Waals surface area (Å²) in [7, 11) is 1.68. The van der Waals surface area contributed by atoms with E-state index in [0.29, 0.717) is 12.5 Å². The van der Waals surface area contributed by atoms with Gasteiger partial charge in [0.05, 0.1) is 17.7 Å². The summed E-state index contributed by atoms with van der Waals surface area (Å²) >= 11 is 1.57. The molecule has 0 amide bonds. The van der Waals surface area contributed by atoms with Crippen LogP contribution < -0.4 is 10.6 Å². The fourth-order valence-corrected chi connectivity index (χ4v) is 2.00. The van der Waals surface area contributed by atoms with E-state index in [1.54, 1.807) is 24.6 Å². The maximum absolute atomic E-state index is 13.4. The molecule has 0 aliphatic rings. The molecule has 2 rings (SSSR count). The molecule has 17 heavy (non-hydrogen) atoms. The van der Waals surface area contributed by atoms with Gasteiger partial charge in [0.15, 0.2) is 11.6 Å². The number of aryl methyl sites for hydroxylation is 1. The molecule has 0 spiro atoms. The van der Waals surface area contributed by atoms with Gasteiger partial charge < -0.3 is 10.6 Å². The normalized spacial score (nSPS) is 10.3. The number of hydrogen-bond donors (Lipinski definition) is 2. The molecule has 0 radical (unpaired) electrons.